The van der Waals surface area contributed by atoms with Gasteiger partial charge in [0.05, 0.1) is 0 Å². The number of rotatable bonds is 3. The molecular weight excluding hydrogens is 180 g/mol. The van der Waals surface area contributed by atoms with Crippen molar-refractivity contribution in [3.8, 4) is 5.75 Å². The van der Waals surface area contributed by atoms with Crippen molar-refractivity contribution in [3.05, 3.63) is 17.2 Å². The SMILES string of the molecule is CCCCc1c(O)c(C)cc2ooc12. The lowest BCUT2D eigenvalue weighted by molar-refractivity contribution is 0.0576. The topological polar surface area (TPSA) is 46.5 Å². The second kappa shape index (κ2) is 3.40. The predicted octanol–water partition coefficient (Wildman–Crippen LogP) is 3.38. The normalized spacial score (nSPS) is 11.3. The molecule has 0 fully saturated rings. The highest BCUT2D eigenvalue weighted by molar-refractivity contribution is 5.79. The maximum atomic E-state index is 9.83. The van der Waals surface area contributed by atoms with Gasteiger partial charge in [-0.1, -0.05) is 13.3 Å². The third-order valence-electron chi connectivity index (χ3n) is 2.50. The Hall–Kier alpha value is -1.38. The van der Waals surface area contributed by atoms with Gasteiger partial charge in [-0.2, -0.15) is 0 Å². The van der Waals surface area contributed by atoms with Crippen LogP contribution in [0, 0.1) is 6.92 Å². The van der Waals surface area contributed by atoms with Crippen molar-refractivity contribution in [2.75, 3.05) is 0 Å². The second-order valence-electron chi connectivity index (χ2n) is 3.62. The summed E-state index contributed by atoms with van der Waals surface area (Å²) in [4.78, 5) is 0. The molecule has 1 aromatic heterocycles. The Morgan fingerprint density at radius 3 is 2.71 bits per heavy atom. The molecule has 3 nitrogen and oxygen atoms in total. The van der Waals surface area contributed by atoms with Gasteiger partial charge in [0.2, 0.25) is 11.2 Å². The molecule has 0 unspecified atom stereocenters. The van der Waals surface area contributed by atoms with E-state index >= 15 is 0 Å². The fourth-order valence-electron chi connectivity index (χ4n) is 1.62. The highest BCUT2D eigenvalue weighted by Crippen LogP contribution is 2.34. The molecule has 2 aromatic rings. The van der Waals surface area contributed by atoms with E-state index in [0.29, 0.717) is 11.3 Å². The fourth-order valence-corrected chi connectivity index (χ4v) is 1.62. The predicted molar refractivity (Wildman–Crippen MR) is 53.5 cm³/mol. The van der Waals surface area contributed by atoms with Gasteiger partial charge < -0.3 is 5.11 Å². The van der Waals surface area contributed by atoms with Crippen LogP contribution in [0.3, 0.4) is 0 Å². The summed E-state index contributed by atoms with van der Waals surface area (Å²) in [7, 11) is 0. The quantitative estimate of drug-likeness (QED) is 0.762. The summed E-state index contributed by atoms with van der Waals surface area (Å²) in [6.07, 6.45) is 2.99. The number of aromatic hydroxyl groups is 1. The Balaban J connectivity index is 2.44. The van der Waals surface area contributed by atoms with E-state index in [2.05, 4.69) is 6.92 Å². The molecule has 0 saturated heterocycles. The van der Waals surface area contributed by atoms with Crippen LogP contribution >= 0.6 is 0 Å². The van der Waals surface area contributed by atoms with E-state index in [1.54, 1.807) is 6.07 Å². The number of benzene rings is 1. The number of aryl methyl sites for hydroxylation is 2. The summed E-state index contributed by atoms with van der Waals surface area (Å²) in [6.45, 7) is 3.99. The standard InChI is InChI=1S/C11H14O3/c1-3-4-5-8-10(12)7(2)6-9-11(8)14-13-9/h6,12H,3-5H2,1-2H3. The number of unbranched alkanes of at least 4 members (excludes halogenated alkanes) is 1. The first-order chi connectivity index (χ1) is 6.74. The van der Waals surface area contributed by atoms with Crippen LogP contribution in [-0.4, -0.2) is 5.11 Å². The van der Waals surface area contributed by atoms with E-state index in [0.717, 1.165) is 36.0 Å². The van der Waals surface area contributed by atoms with Crippen LogP contribution in [0.25, 0.3) is 11.2 Å². The van der Waals surface area contributed by atoms with Gasteiger partial charge in [-0.15, -0.1) is 0 Å². The molecule has 1 aromatic carbocycles. The van der Waals surface area contributed by atoms with Gasteiger partial charge in [0.25, 0.3) is 0 Å². The van der Waals surface area contributed by atoms with Crippen LogP contribution in [-0.2, 0) is 6.42 Å². The number of hydrogen-bond acceptors (Lipinski definition) is 3. The van der Waals surface area contributed by atoms with E-state index in [-0.39, 0.29) is 0 Å². The molecule has 0 atom stereocenters. The average Bonchev–Trinajstić information content (AvgIpc) is 2.15. The summed E-state index contributed by atoms with van der Waals surface area (Å²) >= 11 is 0. The van der Waals surface area contributed by atoms with Crippen LogP contribution in [0.15, 0.2) is 15.2 Å². The Bertz CT molecular complexity index is 437. The Morgan fingerprint density at radius 1 is 1.36 bits per heavy atom. The maximum Gasteiger partial charge on any atom is 0.232 e. The Labute approximate surface area is 82.2 Å². The van der Waals surface area contributed by atoms with Crippen LogP contribution in [0.4, 0.5) is 0 Å². The third kappa shape index (κ3) is 1.29. The average molecular weight is 194 g/mol. The van der Waals surface area contributed by atoms with Gasteiger partial charge in [-0.3, -0.25) is 9.15 Å². The van der Waals surface area contributed by atoms with Crippen LogP contribution in [0.2, 0.25) is 0 Å². The van der Waals surface area contributed by atoms with Crippen molar-refractivity contribution < 1.29 is 14.3 Å². The van der Waals surface area contributed by atoms with E-state index < -0.39 is 0 Å². The van der Waals surface area contributed by atoms with E-state index in [4.69, 9.17) is 9.15 Å². The lowest BCUT2D eigenvalue weighted by atomic mass is 10.0. The van der Waals surface area contributed by atoms with Crippen molar-refractivity contribution >= 4 is 11.2 Å². The maximum absolute atomic E-state index is 9.83. The highest BCUT2D eigenvalue weighted by Gasteiger charge is 2.17. The number of hydrogen-bond donors (Lipinski definition) is 1. The molecule has 0 saturated carbocycles. The summed E-state index contributed by atoms with van der Waals surface area (Å²) < 4.78 is 9.70. The second-order valence-corrected chi connectivity index (χ2v) is 3.62. The number of fused-ring (bicyclic) bond motifs is 1. The first-order valence-corrected chi connectivity index (χ1v) is 4.94. The van der Waals surface area contributed by atoms with Crippen molar-refractivity contribution in [1.29, 1.82) is 0 Å². The smallest absolute Gasteiger partial charge is 0.232 e. The highest BCUT2D eigenvalue weighted by atomic mass is 17.0. The van der Waals surface area contributed by atoms with Gasteiger partial charge in [0.15, 0.2) is 0 Å². The molecule has 76 valence electrons. The zero-order valence-corrected chi connectivity index (χ0v) is 8.46. The van der Waals surface area contributed by atoms with Gasteiger partial charge in [0.1, 0.15) is 5.75 Å². The van der Waals surface area contributed by atoms with Crippen LogP contribution in [0.1, 0.15) is 30.9 Å². The summed E-state index contributed by atoms with van der Waals surface area (Å²) in [5.74, 6) is 0.348. The van der Waals surface area contributed by atoms with Gasteiger partial charge in [-0.25, -0.2) is 0 Å². The summed E-state index contributed by atoms with van der Waals surface area (Å²) in [5, 5.41) is 9.83. The Morgan fingerprint density at radius 2 is 2.14 bits per heavy atom. The molecule has 0 radical (unpaired) electrons. The largest absolute Gasteiger partial charge is 0.507 e. The molecule has 3 heteroatoms. The van der Waals surface area contributed by atoms with Crippen molar-refractivity contribution in [2.24, 2.45) is 0 Å². The zero-order chi connectivity index (χ0) is 10.1. The van der Waals surface area contributed by atoms with E-state index in [1.165, 1.54) is 0 Å². The summed E-state index contributed by atoms with van der Waals surface area (Å²) in [6, 6.07) is 1.80. The van der Waals surface area contributed by atoms with E-state index in [1.807, 2.05) is 6.92 Å². The third-order valence-corrected chi connectivity index (χ3v) is 2.50. The fraction of sp³-hybridized carbons (Fsp3) is 0.455. The lowest BCUT2D eigenvalue weighted by Crippen LogP contribution is -1.92. The molecule has 0 aliphatic carbocycles. The molecule has 0 spiro atoms. The molecule has 2 rings (SSSR count). The van der Waals surface area contributed by atoms with Gasteiger partial charge in [-0.05, 0) is 31.4 Å². The minimum Gasteiger partial charge on any atom is -0.507 e. The number of phenolic OH excluding ortho intramolecular Hbond substituents is 1. The van der Waals surface area contributed by atoms with Crippen molar-refractivity contribution in [3.63, 3.8) is 0 Å². The minimum absolute atomic E-state index is 0.348. The molecule has 0 amide bonds. The van der Waals surface area contributed by atoms with Gasteiger partial charge >= 0.3 is 0 Å². The van der Waals surface area contributed by atoms with E-state index in [9.17, 15) is 5.11 Å². The zero-order valence-electron chi connectivity index (χ0n) is 8.46. The van der Waals surface area contributed by atoms with Crippen LogP contribution < -0.4 is 0 Å². The first kappa shape index (κ1) is 9.19. The molecule has 0 bridgehead atoms. The molecular formula is C11H14O3. The van der Waals surface area contributed by atoms with Crippen molar-refractivity contribution in [2.45, 2.75) is 33.1 Å². The molecule has 0 aliphatic rings. The molecule has 0 aliphatic heterocycles. The summed E-state index contributed by atoms with van der Waals surface area (Å²) in [5.41, 5.74) is 3.18. The molecule has 1 N–H and O–H groups in total. The van der Waals surface area contributed by atoms with Gasteiger partial charge in [0, 0.05) is 5.56 Å². The van der Waals surface area contributed by atoms with Crippen LogP contribution in [0.5, 0.6) is 5.75 Å². The monoisotopic (exact) mass is 194 g/mol. The Kier molecular flexibility index (Phi) is 2.23. The first-order valence-electron chi connectivity index (χ1n) is 4.94. The number of phenols is 1. The lowest BCUT2D eigenvalue weighted by Gasteiger charge is -2.09. The molecule has 14 heavy (non-hydrogen) atoms. The molecule has 1 heterocycles. The minimum atomic E-state index is 0.348. The van der Waals surface area contributed by atoms with Crippen molar-refractivity contribution in [1.82, 2.24) is 0 Å².